The smallest absolute Gasteiger partial charge is 0.416 e. The van der Waals surface area contributed by atoms with Crippen molar-refractivity contribution in [2.45, 2.75) is 33.4 Å². The van der Waals surface area contributed by atoms with Crippen LogP contribution >= 0.6 is 11.3 Å². The minimum atomic E-state index is -4.52. The minimum Gasteiger partial charge on any atom is -0.462 e. The molecule has 2 aromatic rings. The summed E-state index contributed by atoms with van der Waals surface area (Å²) < 4.78 is 48.0. The molecule has 0 aliphatic rings. The van der Waals surface area contributed by atoms with Gasteiger partial charge in [0.1, 0.15) is 5.00 Å². The molecule has 0 spiro atoms. The highest BCUT2D eigenvalue weighted by Crippen LogP contribution is 2.33. The van der Waals surface area contributed by atoms with Crippen molar-refractivity contribution in [3.05, 3.63) is 51.4 Å². The average Bonchev–Trinajstić information content (AvgIpc) is 2.93. The molecule has 30 heavy (non-hydrogen) atoms. The molecule has 0 unspecified atom stereocenters. The highest BCUT2D eigenvalue weighted by atomic mass is 32.1. The number of benzene rings is 1. The van der Waals surface area contributed by atoms with E-state index in [1.54, 1.807) is 20.8 Å². The third-order valence-electron chi connectivity index (χ3n) is 4.08. The Morgan fingerprint density at radius 1 is 1.13 bits per heavy atom. The van der Waals surface area contributed by atoms with Crippen molar-refractivity contribution in [3.8, 4) is 0 Å². The van der Waals surface area contributed by atoms with Crippen molar-refractivity contribution >= 4 is 34.2 Å². The second-order valence-electron chi connectivity index (χ2n) is 6.29. The molecule has 2 rings (SSSR count). The van der Waals surface area contributed by atoms with Crippen LogP contribution in [0.1, 0.15) is 38.8 Å². The van der Waals surface area contributed by atoms with Gasteiger partial charge in [0, 0.05) is 4.88 Å². The zero-order valence-electron chi connectivity index (χ0n) is 16.5. The van der Waals surface area contributed by atoms with E-state index in [0.29, 0.717) is 5.56 Å². The van der Waals surface area contributed by atoms with Gasteiger partial charge in [0.15, 0.2) is 6.61 Å². The molecule has 6 nitrogen and oxygen atoms in total. The summed E-state index contributed by atoms with van der Waals surface area (Å²) in [6.45, 7) is 4.70. The number of amides is 1. The van der Waals surface area contributed by atoms with Crippen LogP contribution < -0.4 is 5.32 Å². The lowest BCUT2D eigenvalue weighted by Gasteiger charge is -2.09. The summed E-state index contributed by atoms with van der Waals surface area (Å²) in [5, 5.41) is 2.79. The fourth-order valence-corrected chi connectivity index (χ4v) is 3.61. The first-order valence-corrected chi connectivity index (χ1v) is 9.73. The van der Waals surface area contributed by atoms with Crippen LogP contribution in [0.4, 0.5) is 18.2 Å². The van der Waals surface area contributed by atoms with Crippen LogP contribution in [-0.2, 0) is 31.7 Å². The monoisotopic (exact) mass is 443 g/mol. The fraction of sp³-hybridized carbons (Fsp3) is 0.350. The molecule has 162 valence electrons. The molecule has 0 saturated heterocycles. The Hall–Kier alpha value is -2.88. The topological polar surface area (TPSA) is 81.7 Å². The van der Waals surface area contributed by atoms with Crippen LogP contribution in [0.3, 0.4) is 0 Å². The molecule has 1 aromatic carbocycles. The molecule has 0 radical (unpaired) electrons. The van der Waals surface area contributed by atoms with Crippen molar-refractivity contribution in [1.82, 2.24) is 0 Å². The molecule has 0 atom stereocenters. The van der Waals surface area contributed by atoms with Crippen LogP contribution in [0.25, 0.3) is 0 Å². The molecule has 1 amide bonds. The van der Waals surface area contributed by atoms with Gasteiger partial charge in [-0.25, -0.2) is 4.79 Å². The number of nitrogens with one attached hydrogen (secondary N) is 1. The first-order valence-electron chi connectivity index (χ1n) is 8.91. The molecule has 1 N–H and O–H groups in total. The van der Waals surface area contributed by atoms with E-state index in [1.165, 1.54) is 23.5 Å². The lowest BCUT2D eigenvalue weighted by molar-refractivity contribution is -0.146. The van der Waals surface area contributed by atoms with Gasteiger partial charge in [-0.2, -0.15) is 13.2 Å². The quantitative estimate of drug-likeness (QED) is 0.646. The lowest BCUT2D eigenvalue weighted by atomic mass is 10.1. The molecule has 0 aliphatic carbocycles. The van der Waals surface area contributed by atoms with Gasteiger partial charge in [-0.1, -0.05) is 18.2 Å². The SMILES string of the molecule is CCOC(=O)c1c(NC(=O)COC(=O)Cc2cccc(C(F)(F)F)c2)sc(C)c1C. The predicted octanol–water partition coefficient (Wildman–Crippen LogP) is 4.28. The molecule has 0 bridgehead atoms. The number of carbonyl (C=O) groups is 3. The molecule has 0 fully saturated rings. The summed E-state index contributed by atoms with van der Waals surface area (Å²) in [5.41, 5.74) is 0.156. The zero-order valence-corrected chi connectivity index (χ0v) is 17.3. The van der Waals surface area contributed by atoms with Gasteiger partial charge in [-0.3, -0.25) is 9.59 Å². The second-order valence-corrected chi connectivity index (χ2v) is 7.52. The van der Waals surface area contributed by atoms with Crippen molar-refractivity contribution in [1.29, 1.82) is 0 Å². The Balaban J connectivity index is 1.96. The van der Waals surface area contributed by atoms with E-state index in [-0.39, 0.29) is 22.7 Å². The first kappa shape index (κ1) is 23.4. The van der Waals surface area contributed by atoms with Crippen molar-refractivity contribution < 1.29 is 37.0 Å². The van der Waals surface area contributed by atoms with Gasteiger partial charge in [0.05, 0.1) is 24.2 Å². The number of aryl methyl sites for hydroxylation is 1. The summed E-state index contributed by atoms with van der Waals surface area (Å²) in [5.74, 6) is -2.11. The molecule has 1 heterocycles. The number of hydrogen-bond donors (Lipinski definition) is 1. The van der Waals surface area contributed by atoms with Crippen LogP contribution in [0.2, 0.25) is 0 Å². The lowest BCUT2D eigenvalue weighted by Crippen LogP contribution is -2.22. The summed E-state index contributed by atoms with van der Waals surface area (Å²) in [6.07, 6.45) is -4.93. The standard InChI is InChI=1S/C20H20F3NO5S/c1-4-28-19(27)17-11(2)12(3)30-18(17)24-15(25)10-29-16(26)9-13-6-5-7-14(8-13)20(21,22)23/h5-8H,4,9-10H2,1-3H3,(H,24,25). The van der Waals surface area contributed by atoms with E-state index in [2.05, 4.69) is 5.32 Å². The van der Waals surface area contributed by atoms with Gasteiger partial charge in [0.25, 0.3) is 5.91 Å². The highest BCUT2D eigenvalue weighted by molar-refractivity contribution is 7.16. The van der Waals surface area contributed by atoms with Crippen molar-refractivity contribution in [3.63, 3.8) is 0 Å². The largest absolute Gasteiger partial charge is 0.462 e. The van der Waals surface area contributed by atoms with Gasteiger partial charge < -0.3 is 14.8 Å². The number of carbonyl (C=O) groups excluding carboxylic acids is 3. The number of thiophene rings is 1. The zero-order chi connectivity index (χ0) is 22.5. The second kappa shape index (κ2) is 9.75. The van der Waals surface area contributed by atoms with Gasteiger partial charge >= 0.3 is 18.1 Å². The number of hydrogen-bond acceptors (Lipinski definition) is 6. The van der Waals surface area contributed by atoms with Crippen molar-refractivity contribution in [2.24, 2.45) is 0 Å². The summed E-state index contributed by atoms with van der Waals surface area (Å²) in [4.78, 5) is 37.0. The Morgan fingerprint density at radius 3 is 2.47 bits per heavy atom. The highest BCUT2D eigenvalue weighted by Gasteiger charge is 2.30. The third kappa shape index (κ3) is 6.06. The summed E-state index contributed by atoms with van der Waals surface area (Å²) in [7, 11) is 0. The molecular weight excluding hydrogens is 423 g/mol. The van der Waals surface area contributed by atoms with Crippen LogP contribution in [0.5, 0.6) is 0 Å². The predicted molar refractivity (Wildman–Crippen MR) is 104 cm³/mol. The Morgan fingerprint density at radius 2 is 1.83 bits per heavy atom. The van der Waals surface area contributed by atoms with E-state index >= 15 is 0 Å². The van der Waals surface area contributed by atoms with E-state index < -0.39 is 42.6 Å². The number of rotatable bonds is 7. The Kier molecular flexibility index (Phi) is 7.60. The van der Waals surface area contributed by atoms with E-state index in [9.17, 15) is 27.6 Å². The molecule has 0 aliphatic heterocycles. The van der Waals surface area contributed by atoms with Crippen LogP contribution in [0, 0.1) is 13.8 Å². The number of alkyl halides is 3. The minimum absolute atomic E-state index is 0.115. The maximum atomic E-state index is 12.7. The number of esters is 2. The number of ether oxygens (including phenoxy) is 2. The van der Waals surface area contributed by atoms with E-state index in [1.807, 2.05) is 0 Å². The van der Waals surface area contributed by atoms with E-state index in [0.717, 1.165) is 17.0 Å². The number of anilines is 1. The molecule has 1 aromatic heterocycles. The maximum Gasteiger partial charge on any atom is 0.416 e. The molecule has 10 heteroatoms. The van der Waals surface area contributed by atoms with Gasteiger partial charge in [-0.05, 0) is 38.0 Å². The Bertz CT molecular complexity index is 952. The normalized spacial score (nSPS) is 11.1. The Labute approximate surface area is 175 Å². The molecule has 0 saturated carbocycles. The fourth-order valence-electron chi connectivity index (χ4n) is 2.55. The van der Waals surface area contributed by atoms with Gasteiger partial charge in [0.2, 0.25) is 0 Å². The summed E-state index contributed by atoms with van der Waals surface area (Å²) in [6, 6.07) is 4.30. The third-order valence-corrected chi connectivity index (χ3v) is 5.21. The average molecular weight is 443 g/mol. The molecular formula is C20H20F3NO5S. The number of halogens is 3. The summed E-state index contributed by atoms with van der Waals surface area (Å²) >= 11 is 1.18. The van der Waals surface area contributed by atoms with Gasteiger partial charge in [-0.15, -0.1) is 11.3 Å². The van der Waals surface area contributed by atoms with Crippen LogP contribution in [-0.4, -0.2) is 31.1 Å². The van der Waals surface area contributed by atoms with E-state index in [4.69, 9.17) is 9.47 Å². The first-order chi connectivity index (χ1) is 14.0. The van der Waals surface area contributed by atoms with Crippen LogP contribution in [0.15, 0.2) is 24.3 Å². The maximum absolute atomic E-state index is 12.7. The van der Waals surface area contributed by atoms with Crippen molar-refractivity contribution in [2.75, 3.05) is 18.5 Å².